The summed E-state index contributed by atoms with van der Waals surface area (Å²) < 4.78 is 38.3. The van der Waals surface area contributed by atoms with Gasteiger partial charge in [-0.25, -0.2) is 0 Å². The Balaban J connectivity index is 1.10. The lowest BCUT2D eigenvalue weighted by atomic mass is 9.82. The Morgan fingerprint density at radius 2 is 0.893 bits per heavy atom. The highest BCUT2D eigenvalue weighted by molar-refractivity contribution is 5.97. The van der Waals surface area contributed by atoms with Crippen molar-refractivity contribution in [1.82, 2.24) is 0 Å². The predicted octanol–water partition coefficient (Wildman–Crippen LogP) is 15.3. The molecule has 0 saturated heterocycles. The van der Waals surface area contributed by atoms with Crippen molar-refractivity contribution in [3.8, 4) is 55.6 Å². The Morgan fingerprint density at radius 1 is 0.357 bits per heavy atom. The van der Waals surface area contributed by atoms with Crippen molar-refractivity contribution in [2.24, 2.45) is 0 Å². The predicted molar refractivity (Wildman–Crippen MR) is 238 cm³/mol. The molecule has 56 heavy (non-hydrogen) atoms. The molecule has 0 atom stereocenters. The molecule has 0 radical (unpaired) electrons. The van der Waals surface area contributed by atoms with Crippen molar-refractivity contribution in [2.75, 3.05) is 4.90 Å². The third-order valence-electron chi connectivity index (χ3n) is 11.4. The Hall–Kier alpha value is -6.96. The maximum Gasteiger partial charge on any atom is 0.0645 e. The van der Waals surface area contributed by atoms with E-state index in [1.165, 1.54) is 16.7 Å². The molecule has 0 saturated carbocycles. The van der Waals surface area contributed by atoms with Crippen LogP contribution in [0.5, 0.6) is 0 Å². The molecule has 0 N–H and O–H groups in total. The lowest BCUT2D eigenvalue weighted by Crippen LogP contribution is -2.16. The minimum atomic E-state index is -0.281. The van der Waals surface area contributed by atoms with Gasteiger partial charge in [0.05, 0.1) is 5.48 Å². The molecule has 0 bridgehead atoms. The van der Waals surface area contributed by atoms with Crippen LogP contribution in [0.3, 0.4) is 0 Å². The number of fused-ring (bicyclic) bond motifs is 4. The van der Waals surface area contributed by atoms with Crippen LogP contribution in [-0.2, 0) is 5.41 Å². The number of hydrogen-bond donors (Lipinski definition) is 0. The second kappa shape index (κ2) is 13.7. The van der Waals surface area contributed by atoms with E-state index in [0.29, 0.717) is 5.56 Å². The number of benzene rings is 9. The van der Waals surface area contributed by atoms with E-state index in [2.05, 4.69) is 123 Å². The average molecular weight is 720 g/mol. The van der Waals surface area contributed by atoms with Crippen LogP contribution in [0.4, 0.5) is 17.1 Å². The van der Waals surface area contributed by atoms with Crippen molar-refractivity contribution in [2.45, 2.75) is 19.3 Å². The van der Waals surface area contributed by atoms with Gasteiger partial charge in [-0.2, -0.15) is 0 Å². The van der Waals surface area contributed by atoms with E-state index < -0.39 is 0 Å². The summed E-state index contributed by atoms with van der Waals surface area (Å²) in [5, 5.41) is 2.24. The minimum absolute atomic E-state index is 0.0879. The summed E-state index contributed by atoms with van der Waals surface area (Å²) in [6.45, 7) is 4.47. The molecule has 1 nitrogen and oxygen atoms in total. The van der Waals surface area contributed by atoms with Gasteiger partial charge in [0, 0.05) is 22.5 Å². The highest BCUT2D eigenvalue weighted by Gasteiger charge is 2.35. The first-order valence-corrected chi connectivity index (χ1v) is 19.2. The molecule has 0 amide bonds. The fourth-order valence-electron chi connectivity index (χ4n) is 8.41. The minimum Gasteiger partial charge on any atom is -0.310 e. The molecule has 266 valence electrons. The lowest BCUT2D eigenvalue weighted by molar-refractivity contribution is 0.660. The van der Waals surface area contributed by atoms with Gasteiger partial charge >= 0.3 is 0 Å². The van der Waals surface area contributed by atoms with Crippen molar-refractivity contribution < 1.29 is 5.48 Å². The zero-order chi connectivity index (χ0) is 41.1. The molecule has 1 aliphatic rings. The summed E-state index contributed by atoms with van der Waals surface area (Å²) in [6.07, 6.45) is 0. The second-order valence-electron chi connectivity index (χ2n) is 15.1. The van der Waals surface area contributed by atoms with Crippen LogP contribution in [0.1, 0.15) is 30.5 Å². The summed E-state index contributed by atoms with van der Waals surface area (Å²) in [5.74, 6) is 0. The normalized spacial score (nSPS) is 13.6. The summed E-state index contributed by atoms with van der Waals surface area (Å²) in [7, 11) is 0. The number of nitrogens with zero attached hydrogens (tertiary/aromatic N) is 1. The van der Waals surface area contributed by atoms with E-state index in [0.717, 1.165) is 61.1 Å². The molecular formula is C55H41N. The largest absolute Gasteiger partial charge is 0.310 e. The van der Waals surface area contributed by atoms with Gasteiger partial charge in [0.2, 0.25) is 0 Å². The third-order valence-corrected chi connectivity index (χ3v) is 11.4. The van der Waals surface area contributed by atoms with Crippen LogP contribution in [0.2, 0.25) is 0 Å². The topological polar surface area (TPSA) is 3.24 Å². The summed E-state index contributed by atoms with van der Waals surface area (Å²) in [4.78, 5) is 1.90. The zero-order valence-electron chi connectivity index (χ0n) is 35.3. The van der Waals surface area contributed by atoms with Crippen molar-refractivity contribution >= 4 is 27.8 Å². The SMILES string of the molecule is [2H]c1c([2H])c(N(c2ccc(-c3ccc(-c4ccccc4)cc3)cc2)c2ccc3c(c2)C(C)(C)c2ccccc2-3)c([2H])c([2H])c1-c1cccc(-c2cccc3ccccc23)c1. The highest BCUT2D eigenvalue weighted by Crippen LogP contribution is 2.50. The Labute approximate surface area is 335 Å². The van der Waals surface area contributed by atoms with Crippen LogP contribution in [0, 0.1) is 0 Å². The molecule has 1 heteroatoms. The third kappa shape index (κ3) is 5.90. The van der Waals surface area contributed by atoms with Crippen molar-refractivity contribution in [3.63, 3.8) is 0 Å². The second-order valence-corrected chi connectivity index (χ2v) is 15.1. The molecule has 0 heterocycles. The summed E-state index contributed by atoms with van der Waals surface area (Å²) in [5.41, 5.74) is 13.5. The molecule has 1 aliphatic carbocycles. The van der Waals surface area contributed by atoms with Crippen molar-refractivity contribution in [3.05, 3.63) is 223 Å². The van der Waals surface area contributed by atoms with Gasteiger partial charge in [0.15, 0.2) is 0 Å². The molecule has 0 fully saturated rings. The number of rotatable bonds is 7. The van der Waals surface area contributed by atoms with E-state index in [-0.39, 0.29) is 40.8 Å². The van der Waals surface area contributed by atoms with Gasteiger partial charge in [-0.1, -0.05) is 184 Å². The molecule has 0 aliphatic heterocycles. The molecule has 0 spiro atoms. The molecule has 9 aromatic carbocycles. The fraction of sp³-hybridized carbons (Fsp3) is 0.0545. The van der Waals surface area contributed by atoms with E-state index in [9.17, 15) is 5.48 Å². The van der Waals surface area contributed by atoms with E-state index in [1.54, 1.807) is 0 Å². The monoisotopic (exact) mass is 719 g/mol. The van der Waals surface area contributed by atoms with Crippen LogP contribution in [-0.4, -0.2) is 0 Å². The van der Waals surface area contributed by atoms with Gasteiger partial charge < -0.3 is 4.90 Å². The molecule has 9 aromatic rings. The first kappa shape index (κ1) is 29.4. The van der Waals surface area contributed by atoms with Gasteiger partial charge in [0.25, 0.3) is 0 Å². The summed E-state index contributed by atoms with van der Waals surface area (Å²) in [6, 6.07) is 63.8. The Bertz CT molecular complexity index is 3060. The van der Waals surface area contributed by atoms with Gasteiger partial charge in [-0.15, -0.1) is 0 Å². The summed E-state index contributed by atoms with van der Waals surface area (Å²) >= 11 is 0. The molecular weight excluding hydrogens is 675 g/mol. The fourth-order valence-corrected chi connectivity index (χ4v) is 8.41. The van der Waals surface area contributed by atoms with Gasteiger partial charge in [-0.3, -0.25) is 0 Å². The van der Waals surface area contributed by atoms with Crippen molar-refractivity contribution in [1.29, 1.82) is 0 Å². The van der Waals surface area contributed by atoms with Gasteiger partial charge in [0.1, 0.15) is 0 Å². The molecule has 0 unspecified atom stereocenters. The number of anilines is 3. The van der Waals surface area contributed by atoms with Crippen LogP contribution in [0.15, 0.2) is 212 Å². The standard InChI is InChI=1S/C55H41N/c1-55(2)53-21-9-8-19-51(53)52-35-34-48(37-54(52)55)56(46-30-26-41(27-31-46)40-24-22-39(23-25-40)38-12-4-3-5-13-38)47-32-28-42(29-33-47)44-16-10-17-45(36-44)50-20-11-15-43-14-6-7-18-49(43)50/h3-37H,1-2H3/i28D,29D,32D,33D. The van der Waals surface area contributed by atoms with Crippen LogP contribution >= 0.6 is 0 Å². The highest BCUT2D eigenvalue weighted by atomic mass is 15.1. The lowest BCUT2D eigenvalue weighted by Gasteiger charge is -2.28. The first-order valence-electron chi connectivity index (χ1n) is 21.2. The van der Waals surface area contributed by atoms with Gasteiger partial charge in [-0.05, 0) is 120 Å². The Kier molecular flexibility index (Phi) is 7.20. The smallest absolute Gasteiger partial charge is 0.0645 e. The van der Waals surface area contributed by atoms with Crippen LogP contribution in [0.25, 0.3) is 66.4 Å². The molecule has 10 rings (SSSR count). The zero-order valence-corrected chi connectivity index (χ0v) is 31.3. The van der Waals surface area contributed by atoms with E-state index in [4.69, 9.17) is 0 Å². The maximum atomic E-state index is 9.65. The quantitative estimate of drug-likeness (QED) is 0.159. The Morgan fingerprint density at radius 3 is 1.66 bits per heavy atom. The maximum absolute atomic E-state index is 9.65. The first-order chi connectivity index (χ1) is 29.2. The average Bonchev–Trinajstić information content (AvgIpc) is 3.52. The number of hydrogen-bond acceptors (Lipinski definition) is 1. The molecule has 0 aromatic heterocycles. The van der Waals surface area contributed by atoms with Crippen LogP contribution < -0.4 is 4.90 Å². The van der Waals surface area contributed by atoms with E-state index >= 15 is 0 Å². The van der Waals surface area contributed by atoms with E-state index in [1.807, 2.05) is 83.8 Å².